The summed E-state index contributed by atoms with van der Waals surface area (Å²) in [7, 11) is 2.12. The zero-order chi connectivity index (χ0) is 23.8. The summed E-state index contributed by atoms with van der Waals surface area (Å²) >= 11 is 0. The Hall–Kier alpha value is -3.35. The van der Waals surface area contributed by atoms with Gasteiger partial charge in [0.05, 0.1) is 12.6 Å². The number of benzene rings is 3. The molecule has 34 heavy (non-hydrogen) atoms. The number of piperazine rings is 1. The van der Waals surface area contributed by atoms with Crippen LogP contribution in [-0.2, 0) is 4.74 Å². The first kappa shape index (κ1) is 22.4. The first-order valence-electron chi connectivity index (χ1n) is 11.8. The van der Waals surface area contributed by atoms with Gasteiger partial charge in [0.15, 0.2) is 0 Å². The highest BCUT2D eigenvalue weighted by molar-refractivity contribution is 6.16. The van der Waals surface area contributed by atoms with E-state index in [0.717, 1.165) is 37.1 Å². The Labute approximate surface area is 199 Å². The van der Waals surface area contributed by atoms with Crippen LogP contribution in [0.2, 0.25) is 0 Å². The highest BCUT2D eigenvalue weighted by Crippen LogP contribution is 2.47. The van der Waals surface area contributed by atoms with Crippen molar-refractivity contribution in [2.45, 2.75) is 19.9 Å². The number of ether oxygens (including phenoxy) is 1. The normalized spacial score (nSPS) is 16.2. The second-order valence-corrected chi connectivity index (χ2v) is 8.92. The summed E-state index contributed by atoms with van der Waals surface area (Å²) in [6, 6.07) is 17.6. The molecule has 2 heterocycles. The molecule has 1 atom stereocenters. The van der Waals surface area contributed by atoms with Crippen molar-refractivity contribution in [1.29, 1.82) is 0 Å². The Kier molecular flexibility index (Phi) is 6.02. The minimum Gasteiger partial charge on any atom is -0.507 e. The van der Waals surface area contributed by atoms with Crippen molar-refractivity contribution in [3.63, 3.8) is 0 Å². The van der Waals surface area contributed by atoms with Gasteiger partial charge in [-0.2, -0.15) is 0 Å². The van der Waals surface area contributed by atoms with E-state index in [1.165, 1.54) is 0 Å². The lowest BCUT2D eigenvalue weighted by Gasteiger charge is -2.39. The molecule has 1 N–H and O–H groups in total. The molecule has 5 rings (SSSR count). The zero-order valence-electron chi connectivity index (χ0n) is 19.9. The van der Waals surface area contributed by atoms with Crippen molar-refractivity contribution in [1.82, 2.24) is 9.80 Å². The van der Waals surface area contributed by atoms with Crippen LogP contribution in [0.1, 0.15) is 40.2 Å². The molecule has 1 saturated heterocycles. The quantitative estimate of drug-likeness (QED) is 0.419. The van der Waals surface area contributed by atoms with Crippen molar-refractivity contribution in [2.75, 3.05) is 39.8 Å². The number of aryl methyl sites for hydroxylation is 1. The van der Waals surface area contributed by atoms with E-state index in [1.807, 2.05) is 42.5 Å². The molecule has 6 nitrogen and oxygen atoms in total. The van der Waals surface area contributed by atoms with E-state index in [0.29, 0.717) is 33.2 Å². The van der Waals surface area contributed by atoms with Gasteiger partial charge in [0.1, 0.15) is 22.7 Å². The van der Waals surface area contributed by atoms with Crippen molar-refractivity contribution in [3.05, 3.63) is 77.0 Å². The Bertz CT molecular complexity index is 1340. The van der Waals surface area contributed by atoms with Gasteiger partial charge in [-0.15, -0.1) is 0 Å². The largest absolute Gasteiger partial charge is 0.507 e. The summed E-state index contributed by atoms with van der Waals surface area (Å²) in [4.78, 5) is 17.8. The number of hydrogen-bond acceptors (Lipinski definition) is 6. The standard InChI is InChI=1S/C28H30N2O4/c1-4-33-28(32)22-18(2)34-27-21-13-9-8-12-20(21)26(31)24(23(22)27)25(19-10-6-5-7-11-19)30-16-14-29(3)15-17-30/h5-13,25,31H,4,14-17H2,1-3H3. The Morgan fingerprint density at radius 2 is 1.68 bits per heavy atom. The highest BCUT2D eigenvalue weighted by atomic mass is 16.5. The summed E-state index contributed by atoms with van der Waals surface area (Å²) < 4.78 is 11.7. The van der Waals surface area contributed by atoms with E-state index in [-0.39, 0.29) is 18.4 Å². The van der Waals surface area contributed by atoms with E-state index in [9.17, 15) is 9.90 Å². The molecule has 0 spiro atoms. The molecule has 176 valence electrons. The lowest BCUT2D eigenvalue weighted by Crippen LogP contribution is -2.46. The van der Waals surface area contributed by atoms with Crippen LogP contribution in [0.3, 0.4) is 0 Å². The monoisotopic (exact) mass is 458 g/mol. The molecule has 0 amide bonds. The maximum atomic E-state index is 13.1. The number of likely N-dealkylation sites (N-methyl/N-ethyl adjacent to an activating group) is 1. The van der Waals surface area contributed by atoms with Crippen LogP contribution in [0.25, 0.3) is 21.7 Å². The van der Waals surface area contributed by atoms with Crippen LogP contribution in [0.4, 0.5) is 0 Å². The molecule has 0 saturated carbocycles. The molecule has 1 aromatic heterocycles. The van der Waals surface area contributed by atoms with Crippen molar-refractivity contribution >= 4 is 27.7 Å². The number of hydrogen-bond donors (Lipinski definition) is 1. The maximum Gasteiger partial charge on any atom is 0.342 e. The molecule has 1 fully saturated rings. The summed E-state index contributed by atoms with van der Waals surface area (Å²) in [5.41, 5.74) is 2.76. The van der Waals surface area contributed by atoms with Crippen molar-refractivity contribution in [3.8, 4) is 5.75 Å². The predicted octanol–water partition coefficient (Wildman–Crippen LogP) is 5.11. The number of carbonyl (C=O) groups excluding carboxylic acids is 1. The topological polar surface area (TPSA) is 66.2 Å². The van der Waals surface area contributed by atoms with Gasteiger partial charge in [0, 0.05) is 47.9 Å². The average Bonchev–Trinajstić information content (AvgIpc) is 3.20. The third-order valence-corrected chi connectivity index (χ3v) is 6.81. The molecule has 1 aliphatic rings. The van der Waals surface area contributed by atoms with Gasteiger partial charge in [-0.1, -0.05) is 54.6 Å². The summed E-state index contributed by atoms with van der Waals surface area (Å²) in [6.07, 6.45) is 0. The number of fused-ring (bicyclic) bond motifs is 3. The lowest BCUT2D eigenvalue weighted by atomic mass is 9.88. The van der Waals surface area contributed by atoms with Gasteiger partial charge >= 0.3 is 5.97 Å². The molecule has 0 radical (unpaired) electrons. The van der Waals surface area contributed by atoms with Gasteiger partial charge in [-0.3, -0.25) is 4.90 Å². The molecular weight excluding hydrogens is 428 g/mol. The van der Waals surface area contributed by atoms with Crippen LogP contribution in [-0.4, -0.2) is 60.7 Å². The molecule has 6 heteroatoms. The number of esters is 1. The van der Waals surface area contributed by atoms with Crippen LogP contribution in [0, 0.1) is 6.92 Å². The molecule has 3 aromatic carbocycles. The third-order valence-electron chi connectivity index (χ3n) is 6.81. The Balaban J connectivity index is 1.87. The van der Waals surface area contributed by atoms with E-state index < -0.39 is 5.97 Å². The zero-order valence-corrected chi connectivity index (χ0v) is 19.9. The summed E-state index contributed by atoms with van der Waals surface area (Å²) in [5.74, 6) is 0.248. The smallest absolute Gasteiger partial charge is 0.342 e. The molecule has 0 aliphatic carbocycles. The fourth-order valence-corrected chi connectivity index (χ4v) is 5.13. The van der Waals surface area contributed by atoms with E-state index >= 15 is 0 Å². The lowest BCUT2D eigenvalue weighted by molar-refractivity contribution is 0.0526. The number of carbonyl (C=O) groups is 1. The van der Waals surface area contributed by atoms with Gasteiger partial charge in [0.25, 0.3) is 0 Å². The fourth-order valence-electron chi connectivity index (χ4n) is 5.13. The van der Waals surface area contributed by atoms with Gasteiger partial charge in [0.2, 0.25) is 0 Å². The third kappa shape index (κ3) is 3.73. The minimum absolute atomic E-state index is 0.183. The second-order valence-electron chi connectivity index (χ2n) is 8.92. The molecule has 0 bridgehead atoms. The first-order chi connectivity index (χ1) is 16.5. The number of aromatic hydroxyl groups is 1. The van der Waals surface area contributed by atoms with E-state index in [1.54, 1.807) is 13.8 Å². The predicted molar refractivity (Wildman–Crippen MR) is 133 cm³/mol. The fraction of sp³-hybridized carbons (Fsp3) is 0.321. The van der Waals surface area contributed by atoms with Crippen LogP contribution < -0.4 is 0 Å². The summed E-state index contributed by atoms with van der Waals surface area (Å²) in [6.45, 7) is 7.38. The number of furan rings is 1. The van der Waals surface area contributed by atoms with Crippen LogP contribution in [0.5, 0.6) is 5.75 Å². The molecule has 1 aliphatic heterocycles. The Morgan fingerprint density at radius 1 is 1.03 bits per heavy atom. The first-order valence-corrected chi connectivity index (χ1v) is 11.8. The number of phenolic OH excluding ortho intramolecular Hbond substituents is 1. The van der Waals surface area contributed by atoms with Crippen LogP contribution >= 0.6 is 0 Å². The number of phenols is 1. The second kappa shape index (κ2) is 9.12. The SMILES string of the molecule is CCOC(=O)c1c(C)oc2c1c(C(c1ccccc1)N1CCN(C)CC1)c(O)c1ccccc12. The number of rotatable bonds is 5. The maximum absolute atomic E-state index is 13.1. The van der Waals surface area contributed by atoms with Crippen molar-refractivity contribution < 1.29 is 19.1 Å². The molecule has 1 unspecified atom stereocenters. The number of nitrogens with zero attached hydrogens (tertiary/aromatic N) is 2. The summed E-state index contributed by atoms with van der Waals surface area (Å²) in [5, 5.41) is 13.9. The van der Waals surface area contributed by atoms with Crippen LogP contribution in [0.15, 0.2) is 59.0 Å². The van der Waals surface area contributed by atoms with E-state index in [4.69, 9.17) is 9.15 Å². The molecule has 4 aromatic rings. The van der Waals surface area contributed by atoms with Gasteiger partial charge in [-0.25, -0.2) is 4.79 Å². The highest BCUT2D eigenvalue weighted by Gasteiger charge is 2.34. The molecular formula is C28H30N2O4. The van der Waals surface area contributed by atoms with E-state index in [2.05, 4.69) is 29.0 Å². The Morgan fingerprint density at radius 3 is 2.35 bits per heavy atom. The average molecular weight is 459 g/mol. The minimum atomic E-state index is -0.431. The van der Waals surface area contributed by atoms with Gasteiger partial charge < -0.3 is 19.2 Å². The van der Waals surface area contributed by atoms with Gasteiger partial charge in [-0.05, 0) is 26.5 Å². The van der Waals surface area contributed by atoms with Crippen molar-refractivity contribution in [2.24, 2.45) is 0 Å².